The van der Waals surface area contributed by atoms with Crippen molar-refractivity contribution in [1.82, 2.24) is 0 Å². The van der Waals surface area contributed by atoms with Crippen LogP contribution in [0, 0.1) is 0 Å². The Kier molecular flexibility index (Phi) is 16.9. The van der Waals surface area contributed by atoms with Gasteiger partial charge in [0, 0.05) is 12.8 Å². The van der Waals surface area contributed by atoms with Gasteiger partial charge in [-0.15, -0.1) is 0 Å². The first-order valence-electron chi connectivity index (χ1n) is 9.64. The number of allylic oxidation sites excluding steroid dienone is 2. The molecule has 3 nitrogen and oxygen atoms in total. The third-order valence-electron chi connectivity index (χ3n) is 4.11. The largest absolute Gasteiger partial charge is 0.467 e. The molecule has 0 saturated heterocycles. The van der Waals surface area contributed by atoms with Crippen molar-refractivity contribution in [3.05, 3.63) is 24.7 Å². The maximum Gasteiger partial charge on any atom is 0.0964 e. The van der Waals surface area contributed by atoms with Crippen LogP contribution < -0.4 is 11.5 Å². The Morgan fingerprint density at radius 2 is 0.826 bits per heavy atom. The van der Waals surface area contributed by atoms with E-state index in [4.69, 9.17) is 16.2 Å². The second kappa shape index (κ2) is 17.6. The first kappa shape index (κ1) is 22.2. The van der Waals surface area contributed by atoms with Gasteiger partial charge in [-0.3, -0.25) is 0 Å². The molecule has 0 atom stereocenters. The maximum absolute atomic E-state index is 5.72. The smallest absolute Gasteiger partial charge is 0.0964 e. The fourth-order valence-electron chi connectivity index (χ4n) is 2.65. The summed E-state index contributed by atoms with van der Waals surface area (Å²) in [4.78, 5) is 0. The molecule has 0 fully saturated rings. The van der Waals surface area contributed by atoms with Gasteiger partial charge in [0.15, 0.2) is 0 Å². The molecule has 0 radical (unpaired) electrons. The molecule has 0 aliphatic carbocycles. The highest BCUT2D eigenvalue weighted by Crippen LogP contribution is 2.17. The number of hydrogen-bond donors (Lipinski definition) is 2. The summed E-state index contributed by atoms with van der Waals surface area (Å²) in [5.41, 5.74) is 11.0. The van der Waals surface area contributed by atoms with Crippen molar-refractivity contribution in [2.24, 2.45) is 11.5 Å². The fraction of sp³-hybridized carbons (Fsp3) is 0.800. The van der Waals surface area contributed by atoms with Crippen molar-refractivity contribution in [1.29, 1.82) is 0 Å². The highest BCUT2D eigenvalue weighted by atomic mass is 16.5. The van der Waals surface area contributed by atoms with E-state index in [1.807, 2.05) is 0 Å². The summed E-state index contributed by atoms with van der Waals surface area (Å²) >= 11 is 0. The Balaban J connectivity index is 3.36. The SMILES string of the molecule is C=C(CCCCCCCCN)OC(=C)CCCCCCCCN. The number of ether oxygens (including phenoxy) is 1. The minimum atomic E-state index is 0.820. The molecule has 0 spiro atoms. The molecule has 0 aromatic rings. The van der Waals surface area contributed by atoms with E-state index >= 15 is 0 Å². The molecule has 0 bridgehead atoms. The van der Waals surface area contributed by atoms with Crippen LogP contribution in [0.1, 0.15) is 89.9 Å². The van der Waals surface area contributed by atoms with Crippen LogP contribution in [-0.4, -0.2) is 13.1 Å². The van der Waals surface area contributed by atoms with Gasteiger partial charge in [-0.05, 0) is 38.8 Å². The Labute approximate surface area is 144 Å². The molecule has 3 heteroatoms. The molecular weight excluding hydrogens is 284 g/mol. The minimum Gasteiger partial charge on any atom is -0.467 e. The summed E-state index contributed by atoms with van der Waals surface area (Å²) in [5.74, 6) is 1.75. The van der Waals surface area contributed by atoms with Gasteiger partial charge < -0.3 is 16.2 Å². The Morgan fingerprint density at radius 3 is 1.17 bits per heavy atom. The van der Waals surface area contributed by atoms with Gasteiger partial charge in [0.1, 0.15) is 0 Å². The molecule has 0 aromatic carbocycles. The van der Waals surface area contributed by atoms with Crippen LogP contribution >= 0.6 is 0 Å². The topological polar surface area (TPSA) is 61.3 Å². The van der Waals surface area contributed by atoms with Crippen molar-refractivity contribution in [3.8, 4) is 0 Å². The molecule has 0 unspecified atom stereocenters. The molecule has 0 aromatic heterocycles. The molecule has 0 heterocycles. The van der Waals surface area contributed by atoms with Crippen LogP contribution in [0.25, 0.3) is 0 Å². The number of rotatable bonds is 18. The predicted octanol–water partition coefficient (Wildman–Crippen LogP) is 5.41. The lowest BCUT2D eigenvalue weighted by atomic mass is 10.1. The number of hydrogen-bond acceptors (Lipinski definition) is 3. The van der Waals surface area contributed by atoms with E-state index in [9.17, 15) is 0 Å². The van der Waals surface area contributed by atoms with Crippen molar-refractivity contribution in [3.63, 3.8) is 0 Å². The molecule has 0 aliphatic heterocycles. The van der Waals surface area contributed by atoms with E-state index in [0.717, 1.165) is 63.1 Å². The van der Waals surface area contributed by atoms with E-state index in [1.165, 1.54) is 51.4 Å². The molecule has 4 N–H and O–H groups in total. The third kappa shape index (κ3) is 17.4. The molecular formula is C20H40N2O. The van der Waals surface area contributed by atoms with Crippen LogP contribution in [0.3, 0.4) is 0 Å². The van der Waals surface area contributed by atoms with E-state index in [-0.39, 0.29) is 0 Å². The quantitative estimate of drug-likeness (QED) is 0.262. The summed E-state index contributed by atoms with van der Waals surface area (Å²) in [6, 6.07) is 0. The van der Waals surface area contributed by atoms with E-state index in [0.29, 0.717) is 0 Å². The van der Waals surface area contributed by atoms with Gasteiger partial charge in [-0.1, -0.05) is 64.5 Å². The zero-order chi connectivity index (χ0) is 17.2. The summed E-state index contributed by atoms with van der Waals surface area (Å²) < 4.78 is 5.72. The van der Waals surface area contributed by atoms with Crippen molar-refractivity contribution in [2.75, 3.05) is 13.1 Å². The molecule has 0 saturated carbocycles. The Morgan fingerprint density at radius 1 is 0.522 bits per heavy atom. The highest BCUT2D eigenvalue weighted by Gasteiger charge is 2.01. The molecule has 0 rings (SSSR count). The van der Waals surface area contributed by atoms with Crippen molar-refractivity contribution in [2.45, 2.75) is 89.9 Å². The van der Waals surface area contributed by atoms with Crippen LogP contribution in [0.2, 0.25) is 0 Å². The number of nitrogens with two attached hydrogens (primary N) is 2. The zero-order valence-electron chi connectivity index (χ0n) is 15.3. The van der Waals surface area contributed by atoms with Crippen molar-refractivity contribution < 1.29 is 4.74 Å². The third-order valence-corrected chi connectivity index (χ3v) is 4.11. The van der Waals surface area contributed by atoms with E-state index in [2.05, 4.69) is 13.2 Å². The lowest BCUT2D eigenvalue weighted by Gasteiger charge is -2.11. The van der Waals surface area contributed by atoms with Gasteiger partial charge in [0.2, 0.25) is 0 Å². The average molecular weight is 325 g/mol. The van der Waals surface area contributed by atoms with Gasteiger partial charge in [0.25, 0.3) is 0 Å². The van der Waals surface area contributed by atoms with Crippen LogP contribution in [0.15, 0.2) is 24.7 Å². The molecule has 0 aliphatic rings. The maximum atomic E-state index is 5.72. The van der Waals surface area contributed by atoms with E-state index < -0.39 is 0 Å². The fourth-order valence-corrected chi connectivity index (χ4v) is 2.65. The minimum absolute atomic E-state index is 0.820. The molecule has 136 valence electrons. The molecule has 0 amide bonds. The second-order valence-corrected chi connectivity index (χ2v) is 6.50. The van der Waals surface area contributed by atoms with Crippen molar-refractivity contribution >= 4 is 0 Å². The standard InChI is InChI=1S/C20H40N2O/c1-19(15-11-7-3-5-9-13-17-21)23-20(2)16-12-8-4-6-10-14-18-22/h1-18,21-22H2. The van der Waals surface area contributed by atoms with E-state index in [1.54, 1.807) is 0 Å². The summed E-state index contributed by atoms with van der Waals surface area (Å²) in [6.07, 6.45) is 16.7. The number of unbranched alkanes of at least 4 members (excludes halogenated alkanes) is 10. The first-order valence-corrected chi connectivity index (χ1v) is 9.64. The van der Waals surface area contributed by atoms with Gasteiger partial charge in [-0.2, -0.15) is 0 Å². The summed E-state index contributed by atoms with van der Waals surface area (Å²) in [6.45, 7) is 9.66. The van der Waals surface area contributed by atoms with Gasteiger partial charge >= 0.3 is 0 Å². The average Bonchev–Trinajstić information content (AvgIpc) is 2.53. The Bertz CT molecular complexity index is 261. The lowest BCUT2D eigenvalue weighted by Crippen LogP contribution is -1.97. The summed E-state index contributed by atoms with van der Waals surface area (Å²) in [7, 11) is 0. The summed E-state index contributed by atoms with van der Waals surface area (Å²) in [5, 5.41) is 0. The predicted molar refractivity (Wildman–Crippen MR) is 102 cm³/mol. The van der Waals surface area contributed by atoms with Crippen LogP contribution in [0.5, 0.6) is 0 Å². The normalized spacial score (nSPS) is 10.7. The van der Waals surface area contributed by atoms with Gasteiger partial charge in [0.05, 0.1) is 11.5 Å². The van der Waals surface area contributed by atoms with Gasteiger partial charge in [-0.25, -0.2) is 0 Å². The second-order valence-electron chi connectivity index (χ2n) is 6.50. The zero-order valence-corrected chi connectivity index (χ0v) is 15.3. The lowest BCUT2D eigenvalue weighted by molar-refractivity contribution is 0.274. The van der Waals surface area contributed by atoms with Crippen LogP contribution in [0.4, 0.5) is 0 Å². The first-order chi connectivity index (χ1) is 11.2. The Hall–Kier alpha value is -0.800. The monoisotopic (exact) mass is 324 g/mol. The van der Waals surface area contributed by atoms with Crippen LogP contribution in [-0.2, 0) is 4.74 Å². The highest BCUT2D eigenvalue weighted by molar-refractivity contribution is 4.93. The molecule has 23 heavy (non-hydrogen) atoms.